The Labute approximate surface area is 144 Å². The number of methoxy groups -OCH3 is 1. The van der Waals surface area contributed by atoms with Gasteiger partial charge in [0, 0.05) is 23.4 Å². The average Bonchev–Trinajstić information content (AvgIpc) is 2.64. The number of ether oxygens (including phenoxy) is 3. The number of hydrogen-bond acceptors (Lipinski definition) is 6. The minimum absolute atomic E-state index is 0.274. The van der Waals surface area contributed by atoms with Crippen LogP contribution in [0.3, 0.4) is 0 Å². The SMILES string of the molecule is CCOc1ncc(Oc2ncccc2-c2ccc(F)cc2OC)cn1. The molecule has 0 aliphatic heterocycles. The van der Waals surface area contributed by atoms with Crippen molar-refractivity contribution >= 4 is 0 Å². The normalized spacial score (nSPS) is 10.4. The van der Waals surface area contributed by atoms with Crippen molar-refractivity contribution in [1.29, 1.82) is 0 Å². The largest absolute Gasteiger partial charge is 0.496 e. The van der Waals surface area contributed by atoms with E-state index in [9.17, 15) is 4.39 Å². The van der Waals surface area contributed by atoms with Crippen molar-refractivity contribution in [2.45, 2.75) is 6.92 Å². The van der Waals surface area contributed by atoms with E-state index in [0.29, 0.717) is 35.1 Å². The minimum Gasteiger partial charge on any atom is -0.496 e. The Bertz CT molecular complexity index is 856. The summed E-state index contributed by atoms with van der Waals surface area (Å²) in [5.41, 5.74) is 1.33. The van der Waals surface area contributed by atoms with Crippen LogP contribution in [0.5, 0.6) is 23.4 Å². The Hall–Kier alpha value is -3.22. The van der Waals surface area contributed by atoms with Gasteiger partial charge in [0.2, 0.25) is 5.88 Å². The molecule has 0 spiro atoms. The molecule has 0 unspecified atom stereocenters. The standard InChI is InChI=1S/C18H16FN3O3/c1-3-24-18-21-10-13(11-22-18)25-17-15(5-4-8-20-17)14-7-6-12(19)9-16(14)23-2/h4-11H,3H2,1-2H3. The monoisotopic (exact) mass is 341 g/mol. The van der Waals surface area contributed by atoms with Crippen LogP contribution in [0.1, 0.15) is 6.92 Å². The molecule has 0 radical (unpaired) electrons. The zero-order valence-corrected chi connectivity index (χ0v) is 13.8. The molecule has 0 aliphatic rings. The van der Waals surface area contributed by atoms with Gasteiger partial charge in [0.15, 0.2) is 5.75 Å². The van der Waals surface area contributed by atoms with E-state index in [2.05, 4.69) is 15.0 Å². The Morgan fingerprint density at radius 2 is 1.84 bits per heavy atom. The lowest BCUT2D eigenvalue weighted by atomic mass is 10.1. The average molecular weight is 341 g/mol. The molecule has 128 valence electrons. The highest BCUT2D eigenvalue weighted by Gasteiger charge is 2.14. The first-order chi connectivity index (χ1) is 12.2. The van der Waals surface area contributed by atoms with Crippen molar-refractivity contribution in [3.8, 4) is 34.5 Å². The summed E-state index contributed by atoms with van der Waals surface area (Å²) in [4.78, 5) is 12.4. The third-order valence-electron chi connectivity index (χ3n) is 3.32. The summed E-state index contributed by atoms with van der Waals surface area (Å²) in [6.07, 6.45) is 4.60. The maximum atomic E-state index is 13.4. The lowest BCUT2D eigenvalue weighted by molar-refractivity contribution is 0.310. The molecule has 3 rings (SSSR count). The summed E-state index contributed by atoms with van der Waals surface area (Å²) in [5.74, 6) is 0.748. The van der Waals surface area contributed by atoms with Crippen LogP contribution in [0.15, 0.2) is 48.9 Å². The summed E-state index contributed by atoms with van der Waals surface area (Å²) in [6.45, 7) is 2.33. The van der Waals surface area contributed by atoms with Crippen LogP contribution in [-0.4, -0.2) is 28.7 Å². The Kier molecular flexibility index (Phi) is 5.03. The minimum atomic E-state index is -0.383. The van der Waals surface area contributed by atoms with Gasteiger partial charge in [-0.15, -0.1) is 0 Å². The lowest BCUT2D eigenvalue weighted by Gasteiger charge is -2.12. The van der Waals surface area contributed by atoms with Crippen LogP contribution in [0.4, 0.5) is 4.39 Å². The van der Waals surface area contributed by atoms with Crippen LogP contribution in [0.25, 0.3) is 11.1 Å². The molecule has 2 heterocycles. The molecule has 0 atom stereocenters. The molecule has 3 aromatic rings. The van der Waals surface area contributed by atoms with E-state index < -0.39 is 0 Å². The summed E-state index contributed by atoms with van der Waals surface area (Å²) in [5, 5.41) is 0. The Balaban J connectivity index is 1.94. The van der Waals surface area contributed by atoms with Gasteiger partial charge in [-0.3, -0.25) is 0 Å². The van der Waals surface area contributed by atoms with E-state index in [1.165, 1.54) is 31.6 Å². The van der Waals surface area contributed by atoms with E-state index in [0.717, 1.165) is 0 Å². The van der Waals surface area contributed by atoms with Gasteiger partial charge >= 0.3 is 6.01 Å². The second kappa shape index (κ2) is 7.57. The summed E-state index contributed by atoms with van der Waals surface area (Å²) in [6, 6.07) is 8.14. The molecule has 0 saturated heterocycles. The van der Waals surface area contributed by atoms with Crippen molar-refractivity contribution in [1.82, 2.24) is 15.0 Å². The fourth-order valence-corrected chi connectivity index (χ4v) is 2.24. The molecule has 0 N–H and O–H groups in total. The van der Waals surface area contributed by atoms with E-state index >= 15 is 0 Å². The molecule has 0 saturated carbocycles. The molecular formula is C18H16FN3O3. The molecule has 1 aromatic carbocycles. The van der Waals surface area contributed by atoms with Crippen molar-refractivity contribution in [3.05, 3.63) is 54.7 Å². The van der Waals surface area contributed by atoms with Gasteiger partial charge in [0.1, 0.15) is 11.6 Å². The Morgan fingerprint density at radius 3 is 2.56 bits per heavy atom. The van der Waals surface area contributed by atoms with Crippen molar-refractivity contribution in [2.75, 3.05) is 13.7 Å². The molecule has 0 aliphatic carbocycles. The number of benzene rings is 1. The first-order valence-corrected chi connectivity index (χ1v) is 7.63. The second-order valence-electron chi connectivity index (χ2n) is 4.94. The predicted octanol–water partition coefficient (Wildman–Crippen LogP) is 3.88. The number of pyridine rings is 1. The number of nitrogens with zero attached hydrogens (tertiary/aromatic N) is 3. The number of aromatic nitrogens is 3. The van der Waals surface area contributed by atoms with Crippen LogP contribution in [0.2, 0.25) is 0 Å². The van der Waals surface area contributed by atoms with Crippen molar-refractivity contribution in [2.24, 2.45) is 0 Å². The second-order valence-corrected chi connectivity index (χ2v) is 4.94. The summed E-state index contributed by atoms with van der Waals surface area (Å²) in [7, 11) is 1.48. The van der Waals surface area contributed by atoms with Gasteiger partial charge < -0.3 is 14.2 Å². The molecule has 6 nitrogen and oxygen atoms in total. The zero-order valence-electron chi connectivity index (χ0n) is 13.8. The molecule has 0 bridgehead atoms. The van der Waals surface area contributed by atoms with Gasteiger partial charge in [0.25, 0.3) is 0 Å². The van der Waals surface area contributed by atoms with Crippen LogP contribution < -0.4 is 14.2 Å². The van der Waals surface area contributed by atoms with Crippen LogP contribution >= 0.6 is 0 Å². The number of hydrogen-bond donors (Lipinski definition) is 0. The van der Waals surface area contributed by atoms with Crippen LogP contribution in [0, 0.1) is 5.82 Å². The molecule has 0 fully saturated rings. The maximum Gasteiger partial charge on any atom is 0.316 e. The zero-order chi connectivity index (χ0) is 17.6. The molecular weight excluding hydrogens is 325 g/mol. The third kappa shape index (κ3) is 3.82. The number of halogens is 1. The smallest absolute Gasteiger partial charge is 0.316 e. The van der Waals surface area contributed by atoms with Gasteiger partial charge in [-0.2, -0.15) is 9.97 Å². The molecule has 25 heavy (non-hydrogen) atoms. The van der Waals surface area contributed by atoms with E-state index in [1.807, 2.05) is 13.0 Å². The van der Waals surface area contributed by atoms with Crippen molar-refractivity contribution in [3.63, 3.8) is 0 Å². The Morgan fingerprint density at radius 1 is 1.04 bits per heavy atom. The van der Waals surface area contributed by atoms with Gasteiger partial charge in [-0.1, -0.05) is 0 Å². The molecule has 0 amide bonds. The fraction of sp³-hybridized carbons (Fsp3) is 0.167. The van der Waals surface area contributed by atoms with Crippen molar-refractivity contribution < 1.29 is 18.6 Å². The fourth-order valence-electron chi connectivity index (χ4n) is 2.24. The maximum absolute atomic E-state index is 13.4. The highest BCUT2D eigenvalue weighted by Crippen LogP contribution is 2.37. The lowest BCUT2D eigenvalue weighted by Crippen LogP contribution is -1.98. The van der Waals surface area contributed by atoms with E-state index in [4.69, 9.17) is 14.2 Å². The third-order valence-corrected chi connectivity index (χ3v) is 3.32. The van der Waals surface area contributed by atoms with Gasteiger partial charge in [-0.25, -0.2) is 9.37 Å². The summed E-state index contributed by atoms with van der Waals surface area (Å²) < 4.78 is 29.7. The first kappa shape index (κ1) is 16.6. The quantitative estimate of drug-likeness (QED) is 0.678. The predicted molar refractivity (Wildman–Crippen MR) is 89.5 cm³/mol. The van der Waals surface area contributed by atoms with E-state index in [1.54, 1.807) is 18.3 Å². The highest BCUT2D eigenvalue weighted by atomic mass is 19.1. The van der Waals surface area contributed by atoms with Crippen LogP contribution in [-0.2, 0) is 0 Å². The number of rotatable bonds is 6. The van der Waals surface area contributed by atoms with Gasteiger partial charge in [0.05, 0.1) is 26.1 Å². The van der Waals surface area contributed by atoms with E-state index in [-0.39, 0.29) is 11.8 Å². The van der Waals surface area contributed by atoms with Gasteiger partial charge in [-0.05, 0) is 31.2 Å². The molecule has 7 heteroatoms. The molecule has 2 aromatic heterocycles. The first-order valence-electron chi connectivity index (χ1n) is 7.63. The highest BCUT2D eigenvalue weighted by molar-refractivity contribution is 5.74. The topological polar surface area (TPSA) is 66.4 Å². The summed E-state index contributed by atoms with van der Waals surface area (Å²) >= 11 is 0.